The molecule has 1 rings (SSSR count). The number of carbonyl (C=O) groups is 1. The van der Waals surface area contributed by atoms with Crippen molar-refractivity contribution in [3.05, 3.63) is 45.9 Å². The number of pyridine rings is 1. The average Bonchev–Trinajstić information content (AvgIpc) is 2.16. The summed E-state index contributed by atoms with van der Waals surface area (Å²) in [6.07, 6.45) is 3.12. The van der Waals surface area contributed by atoms with Gasteiger partial charge in [0, 0.05) is 24.9 Å². The largest absolute Gasteiger partial charge is 0.348 e. The van der Waals surface area contributed by atoms with Crippen molar-refractivity contribution in [2.24, 2.45) is 0 Å². The van der Waals surface area contributed by atoms with E-state index in [1.54, 1.807) is 12.3 Å². The van der Waals surface area contributed by atoms with E-state index in [9.17, 15) is 9.59 Å². The van der Waals surface area contributed by atoms with Crippen LogP contribution < -0.4 is 10.9 Å². The lowest BCUT2D eigenvalue weighted by molar-refractivity contribution is -0.116. The summed E-state index contributed by atoms with van der Waals surface area (Å²) >= 11 is 0. The highest BCUT2D eigenvalue weighted by molar-refractivity contribution is 5.87. The maximum atomic E-state index is 11.2. The molecule has 1 aromatic rings. The number of H-pyrrole nitrogens is 1. The van der Waals surface area contributed by atoms with Crippen LogP contribution in [-0.4, -0.2) is 10.9 Å². The van der Waals surface area contributed by atoms with E-state index in [0.717, 1.165) is 11.1 Å². The zero-order valence-corrected chi connectivity index (χ0v) is 8.83. The van der Waals surface area contributed by atoms with Crippen molar-refractivity contribution in [2.75, 3.05) is 0 Å². The summed E-state index contributed by atoms with van der Waals surface area (Å²) in [6, 6.07) is 3.12. The molecule has 0 radical (unpaired) electrons. The molecule has 1 amide bonds. The molecule has 0 fully saturated rings. The Balaban J connectivity index is 2.51. The minimum Gasteiger partial charge on any atom is -0.348 e. The second-order valence-corrected chi connectivity index (χ2v) is 3.50. The standard InChI is InChI=1S/C11H14N2O2/c1-8(2)5-11(15)13-7-9-3-4-10(14)12-6-9/h3-6H,7H2,1-2H3,(H,12,14)(H,13,15). The van der Waals surface area contributed by atoms with Crippen LogP contribution in [0.1, 0.15) is 19.4 Å². The Morgan fingerprint density at radius 2 is 2.20 bits per heavy atom. The monoisotopic (exact) mass is 206 g/mol. The first kappa shape index (κ1) is 11.2. The number of allylic oxidation sites excluding steroid dienone is 1. The topological polar surface area (TPSA) is 62.0 Å². The maximum Gasteiger partial charge on any atom is 0.247 e. The molecule has 0 spiro atoms. The lowest BCUT2D eigenvalue weighted by Crippen LogP contribution is -2.21. The van der Waals surface area contributed by atoms with Crippen LogP contribution in [0.2, 0.25) is 0 Å². The number of hydrogen-bond donors (Lipinski definition) is 2. The summed E-state index contributed by atoms with van der Waals surface area (Å²) in [4.78, 5) is 24.5. The predicted octanol–water partition coefficient (Wildman–Crippen LogP) is 0.957. The molecule has 0 aromatic carbocycles. The fourth-order valence-corrected chi connectivity index (χ4v) is 1.06. The van der Waals surface area contributed by atoms with Crippen molar-refractivity contribution in [2.45, 2.75) is 20.4 Å². The maximum absolute atomic E-state index is 11.2. The van der Waals surface area contributed by atoms with Crippen molar-refractivity contribution in [3.8, 4) is 0 Å². The summed E-state index contributed by atoms with van der Waals surface area (Å²) in [7, 11) is 0. The molecule has 0 aliphatic rings. The highest BCUT2D eigenvalue weighted by Gasteiger charge is 1.96. The Kier molecular flexibility index (Phi) is 3.85. The Morgan fingerprint density at radius 1 is 1.47 bits per heavy atom. The zero-order chi connectivity index (χ0) is 11.3. The number of amides is 1. The van der Waals surface area contributed by atoms with E-state index in [4.69, 9.17) is 0 Å². The third kappa shape index (κ3) is 4.26. The molecular formula is C11H14N2O2. The van der Waals surface area contributed by atoms with E-state index in [-0.39, 0.29) is 11.5 Å². The molecule has 1 aromatic heterocycles. The second kappa shape index (κ2) is 5.14. The molecule has 80 valence electrons. The number of aromatic amines is 1. The normalized spacial score (nSPS) is 9.47. The van der Waals surface area contributed by atoms with Crippen LogP contribution in [0, 0.1) is 0 Å². The SMILES string of the molecule is CC(C)=CC(=O)NCc1ccc(=O)[nH]c1. The molecule has 0 unspecified atom stereocenters. The van der Waals surface area contributed by atoms with Gasteiger partial charge in [-0.2, -0.15) is 0 Å². The molecule has 0 saturated heterocycles. The number of aromatic nitrogens is 1. The molecular weight excluding hydrogens is 192 g/mol. The fraction of sp³-hybridized carbons (Fsp3) is 0.273. The van der Waals surface area contributed by atoms with Crippen LogP contribution >= 0.6 is 0 Å². The first-order valence-electron chi connectivity index (χ1n) is 4.68. The number of rotatable bonds is 3. The zero-order valence-electron chi connectivity index (χ0n) is 8.83. The van der Waals surface area contributed by atoms with E-state index in [0.29, 0.717) is 6.54 Å². The van der Waals surface area contributed by atoms with Gasteiger partial charge in [0.25, 0.3) is 0 Å². The summed E-state index contributed by atoms with van der Waals surface area (Å²) in [5.41, 5.74) is 1.67. The van der Waals surface area contributed by atoms with Gasteiger partial charge in [0.1, 0.15) is 0 Å². The van der Waals surface area contributed by atoms with E-state index in [1.165, 1.54) is 12.1 Å². The fourth-order valence-electron chi connectivity index (χ4n) is 1.06. The summed E-state index contributed by atoms with van der Waals surface area (Å²) in [5.74, 6) is -0.124. The Morgan fingerprint density at radius 3 is 2.73 bits per heavy atom. The molecule has 4 nitrogen and oxygen atoms in total. The van der Waals surface area contributed by atoms with Gasteiger partial charge in [-0.05, 0) is 19.4 Å². The summed E-state index contributed by atoms with van der Waals surface area (Å²) in [5, 5.41) is 2.71. The van der Waals surface area contributed by atoms with E-state index in [1.807, 2.05) is 13.8 Å². The molecule has 2 N–H and O–H groups in total. The third-order valence-corrected chi connectivity index (χ3v) is 1.74. The molecule has 0 aliphatic heterocycles. The van der Waals surface area contributed by atoms with Crippen LogP contribution in [0.15, 0.2) is 34.8 Å². The van der Waals surface area contributed by atoms with Gasteiger partial charge in [-0.15, -0.1) is 0 Å². The van der Waals surface area contributed by atoms with Crippen molar-refractivity contribution in [3.63, 3.8) is 0 Å². The molecule has 0 bridgehead atoms. The molecule has 0 atom stereocenters. The summed E-state index contributed by atoms with van der Waals surface area (Å²) in [6.45, 7) is 4.14. The van der Waals surface area contributed by atoms with Gasteiger partial charge < -0.3 is 10.3 Å². The van der Waals surface area contributed by atoms with Gasteiger partial charge in [-0.1, -0.05) is 11.6 Å². The quantitative estimate of drug-likeness (QED) is 0.723. The summed E-state index contributed by atoms with van der Waals surface area (Å²) < 4.78 is 0. The highest BCUT2D eigenvalue weighted by Crippen LogP contribution is 1.93. The number of hydrogen-bond acceptors (Lipinski definition) is 2. The molecule has 1 heterocycles. The smallest absolute Gasteiger partial charge is 0.247 e. The predicted molar refractivity (Wildman–Crippen MR) is 58.3 cm³/mol. The van der Waals surface area contributed by atoms with Crippen LogP contribution in [0.3, 0.4) is 0 Å². The highest BCUT2D eigenvalue weighted by atomic mass is 16.1. The van der Waals surface area contributed by atoms with Gasteiger partial charge >= 0.3 is 0 Å². The van der Waals surface area contributed by atoms with Crippen molar-refractivity contribution in [1.82, 2.24) is 10.3 Å². The first-order chi connectivity index (χ1) is 7.08. The second-order valence-electron chi connectivity index (χ2n) is 3.50. The number of carbonyl (C=O) groups excluding carboxylic acids is 1. The van der Waals surface area contributed by atoms with Crippen LogP contribution in [0.5, 0.6) is 0 Å². The van der Waals surface area contributed by atoms with E-state index < -0.39 is 0 Å². The van der Waals surface area contributed by atoms with Crippen LogP contribution in [-0.2, 0) is 11.3 Å². The average molecular weight is 206 g/mol. The van der Waals surface area contributed by atoms with E-state index >= 15 is 0 Å². The van der Waals surface area contributed by atoms with Crippen molar-refractivity contribution in [1.29, 1.82) is 0 Å². The Bertz CT molecular complexity index is 408. The third-order valence-electron chi connectivity index (χ3n) is 1.74. The lowest BCUT2D eigenvalue weighted by Gasteiger charge is -2.01. The Hall–Kier alpha value is -1.84. The van der Waals surface area contributed by atoms with Gasteiger partial charge in [-0.3, -0.25) is 9.59 Å². The minimum absolute atomic E-state index is 0.124. The van der Waals surface area contributed by atoms with Gasteiger partial charge in [0.05, 0.1) is 0 Å². The minimum atomic E-state index is -0.144. The molecule has 0 aliphatic carbocycles. The van der Waals surface area contributed by atoms with Gasteiger partial charge in [-0.25, -0.2) is 0 Å². The number of nitrogens with one attached hydrogen (secondary N) is 2. The Labute approximate surface area is 88.0 Å². The van der Waals surface area contributed by atoms with Crippen LogP contribution in [0.4, 0.5) is 0 Å². The van der Waals surface area contributed by atoms with Gasteiger partial charge in [0.2, 0.25) is 11.5 Å². The van der Waals surface area contributed by atoms with Crippen molar-refractivity contribution < 1.29 is 4.79 Å². The molecule has 0 saturated carbocycles. The first-order valence-corrected chi connectivity index (χ1v) is 4.68. The molecule has 4 heteroatoms. The molecule has 15 heavy (non-hydrogen) atoms. The van der Waals surface area contributed by atoms with Gasteiger partial charge in [0.15, 0.2) is 0 Å². The van der Waals surface area contributed by atoms with Crippen LogP contribution in [0.25, 0.3) is 0 Å². The lowest BCUT2D eigenvalue weighted by atomic mass is 10.2. The van der Waals surface area contributed by atoms with Crippen molar-refractivity contribution >= 4 is 5.91 Å². The van der Waals surface area contributed by atoms with E-state index in [2.05, 4.69) is 10.3 Å².